The normalized spacial score (nSPS) is 25.0. The third-order valence-corrected chi connectivity index (χ3v) is 8.63. The summed E-state index contributed by atoms with van der Waals surface area (Å²) < 4.78 is 5.17. The van der Waals surface area contributed by atoms with Gasteiger partial charge < -0.3 is 30.9 Å². The van der Waals surface area contributed by atoms with E-state index in [9.17, 15) is 34.8 Å². The van der Waals surface area contributed by atoms with Gasteiger partial charge in [0.1, 0.15) is 28.6 Å². The Morgan fingerprint density at radius 1 is 1.14 bits per heavy atom. The molecule has 1 unspecified atom stereocenters. The number of hydrogen-bond donors (Lipinski definition) is 5. The summed E-state index contributed by atoms with van der Waals surface area (Å²) in [5.74, 6) is -0.231. The number of carbonyl (C=O) groups excluding carboxylic acids is 3. The number of nitrogens with two attached hydrogens (primary N) is 1. The topological polar surface area (TPSA) is 171 Å². The number of ether oxygens (including phenoxy) is 1. The van der Waals surface area contributed by atoms with Gasteiger partial charge in [-0.3, -0.25) is 19.3 Å². The predicted octanol–water partition coefficient (Wildman–Crippen LogP) is 1.93. The molecule has 0 heterocycles. The molecule has 2 aromatic rings. The highest BCUT2D eigenvalue weighted by Crippen LogP contribution is 2.53. The van der Waals surface area contributed by atoms with Crippen LogP contribution in [0.15, 0.2) is 47.2 Å². The van der Waals surface area contributed by atoms with Crippen LogP contribution in [0.5, 0.6) is 11.5 Å². The average molecular weight is 573 g/mol. The van der Waals surface area contributed by atoms with E-state index in [-0.39, 0.29) is 35.3 Å². The first-order valence-electron chi connectivity index (χ1n) is 13.5. The summed E-state index contributed by atoms with van der Waals surface area (Å²) in [6.45, 7) is 1.92. The maximum absolute atomic E-state index is 14.0. The van der Waals surface area contributed by atoms with Gasteiger partial charge in [0.05, 0.1) is 24.3 Å². The van der Waals surface area contributed by atoms with Crippen molar-refractivity contribution >= 4 is 23.2 Å². The van der Waals surface area contributed by atoms with E-state index in [1.165, 1.54) is 4.90 Å². The number of aromatic hydroxyl groups is 1. The lowest BCUT2D eigenvalue weighted by molar-refractivity contribution is -0.153. The number of benzene rings is 2. The summed E-state index contributed by atoms with van der Waals surface area (Å²) in [6, 6.07) is 7.66. The number of aliphatic hydroxyl groups is 3. The van der Waals surface area contributed by atoms with Crippen LogP contribution >= 0.6 is 0 Å². The fourth-order valence-electron chi connectivity index (χ4n) is 6.61. The maximum Gasteiger partial charge on any atom is 0.255 e. The molecule has 3 aliphatic rings. The van der Waals surface area contributed by atoms with Crippen molar-refractivity contribution < 1.29 is 39.5 Å². The molecular formula is C32H32N2O8. The highest BCUT2D eigenvalue weighted by Gasteiger charge is 2.64. The van der Waals surface area contributed by atoms with Crippen LogP contribution in [0.1, 0.15) is 41.2 Å². The largest absolute Gasteiger partial charge is 0.508 e. The van der Waals surface area contributed by atoms with Crippen molar-refractivity contribution in [1.82, 2.24) is 4.90 Å². The molecule has 6 N–H and O–H groups in total. The zero-order valence-electron chi connectivity index (χ0n) is 23.7. The lowest BCUT2D eigenvalue weighted by Gasteiger charge is -2.50. The number of aliphatic hydroxyl groups excluding tert-OH is 2. The number of rotatable bonds is 4. The summed E-state index contributed by atoms with van der Waals surface area (Å²) in [6.07, 6.45) is 0.812. The van der Waals surface area contributed by atoms with Gasteiger partial charge in [-0.15, -0.1) is 0 Å². The van der Waals surface area contributed by atoms with Crippen molar-refractivity contribution in [2.75, 3.05) is 21.2 Å². The molecule has 3 aliphatic carbocycles. The van der Waals surface area contributed by atoms with E-state index in [1.807, 2.05) is 6.92 Å². The van der Waals surface area contributed by atoms with Crippen LogP contribution in [0.4, 0.5) is 0 Å². The summed E-state index contributed by atoms with van der Waals surface area (Å²) in [4.78, 5) is 40.9. The molecule has 1 saturated carbocycles. The molecule has 42 heavy (non-hydrogen) atoms. The molecule has 2 aromatic carbocycles. The van der Waals surface area contributed by atoms with E-state index in [4.69, 9.17) is 10.5 Å². The van der Waals surface area contributed by atoms with E-state index >= 15 is 0 Å². The van der Waals surface area contributed by atoms with Crippen molar-refractivity contribution in [2.45, 2.75) is 37.8 Å². The van der Waals surface area contributed by atoms with Crippen LogP contribution in [0, 0.1) is 23.7 Å². The van der Waals surface area contributed by atoms with E-state index in [2.05, 4.69) is 11.8 Å². The van der Waals surface area contributed by atoms with Crippen molar-refractivity contribution in [1.29, 1.82) is 0 Å². The number of aryl methyl sites for hydroxylation is 1. The molecule has 5 rings (SSSR count). The van der Waals surface area contributed by atoms with Gasteiger partial charge in [0, 0.05) is 17.1 Å². The molecule has 218 valence electrons. The Hall–Kier alpha value is -4.59. The van der Waals surface area contributed by atoms with Crippen LogP contribution in [-0.2, 0) is 27.2 Å². The number of phenols is 1. The lowest BCUT2D eigenvalue weighted by atomic mass is 9.57. The van der Waals surface area contributed by atoms with E-state index in [0.717, 1.165) is 5.56 Å². The lowest BCUT2D eigenvalue weighted by Crippen LogP contribution is -2.65. The van der Waals surface area contributed by atoms with Gasteiger partial charge in [-0.1, -0.05) is 18.8 Å². The van der Waals surface area contributed by atoms with Gasteiger partial charge in [-0.25, -0.2) is 0 Å². The van der Waals surface area contributed by atoms with Gasteiger partial charge in [0.25, 0.3) is 5.91 Å². The Balaban J connectivity index is 1.68. The van der Waals surface area contributed by atoms with Gasteiger partial charge in [-0.2, -0.15) is 0 Å². The molecular weight excluding hydrogens is 540 g/mol. The third kappa shape index (κ3) is 4.16. The molecule has 0 saturated heterocycles. The van der Waals surface area contributed by atoms with Gasteiger partial charge in [-0.05, 0) is 80.7 Å². The number of likely N-dealkylation sites (N-methyl/N-ethyl adjacent to an activating group) is 1. The Morgan fingerprint density at radius 2 is 1.81 bits per heavy atom. The molecule has 0 aromatic heterocycles. The summed E-state index contributed by atoms with van der Waals surface area (Å²) in [7, 11) is 4.69. The van der Waals surface area contributed by atoms with Crippen LogP contribution < -0.4 is 10.5 Å². The second-order valence-corrected chi connectivity index (χ2v) is 11.1. The molecule has 0 radical (unpaired) electrons. The summed E-state index contributed by atoms with van der Waals surface area (Å²) in [5.41, 5.74) is 4.04. The zero-order chi connectivity index (χ0) is 30.7. The molecule has 10 nitrogen and oxygen atoms in total. The minimum Gasteiger partial charge on any atom is -0.508 e. The van der Waals surface area contributed by atoms with Crippen LogP contribution in [0.3, 0.4) is 0 Å². The number of phenolic OH excluding ortho intramolecular Hbond substituents is 1. The summed E-state index contributed by atoms with van der Waals surface area (Å²) in [5, 5.41) is 45.6. The fraction of sp³-hybridized carbons (Fsp3) is 0.344. The number of fused-ring (bicyclic) bond motifs is 3. The van der Waals surface area contributed by atoms with Crippen molar-refractivity contribution in [2.24, 2.45) is 17.6 Å². The standard InChI is InChI=1S/C32H32N2O8/c1-5-16-12-17(9-6-15-7-10-19(42-4)11-8-15)26(35)23-20(16)13-18-14-21-25(34(2)3)28(37)24(31(33)40)30(39)32(21,41)29(38)22(18)27(23)36/h7-8,10-12,18,21,25,35-36,39,41H,5,13-14H2,1-4H3,(H2,33,40)/t18-,21-,25?,32-/m0/s1. The SMILES string of the molecule is CCc1cc(C#Cc2ccc(OC)cc2)c(O)c2c1C[C@H]1C[C@H]3C(N(C)C)C(=O)C(C(N)=O)=C(O)[C@@]3(O)C(=O)C1=C2O. The van der Waals surface area contributed by atoms with Crippen LogP contribution in [0.25, 0.3) is 5.76 Å². The number of methoxy groups -OCH3 is 1. The molecule has 1 fully saturated rings. The van der Waals surface area contributed by atoms with Crippen molar-refractivity contribution in [3.8, 4) is 23.3 Å². The zero-order valence-corrected chi connectivity index (χ0v) is 23.7. The second-order valence-electron chi connectivity index (χ2n) is 11.1. The summed E-state index contributed by atoms with van der Waals surface area (Å²) >= 11 is 0. The number of ketones is 2. The van der Waals surface area contributed by atoms with Gasteiger partial charge in [0.15, 0.2) is 11.4 Å². The molecule has 1 amide bonds. The fourth-order valence-corrected chi connectivity index (χ4v) is 6.61. The highest BCUT2D eigenvalue weighted by molar-refractivity contribution is 6.24. The van der Waals surface area contributed by atoms with Crippen LogP contribution in [-0.4, -0.2) is 75.6 Å². The Kier molecular flexibility index (Phi) is 7.13. The monoisotopic (exact) mass is 572 g/mol. The predicted molar refractivity (Wildman–Crippen MR) is 153 cm³/mol. The van der Waals surface area contributed by atoms with Crippen LogP contribution in [0.2, 0.25) is 0 Å². The van der Waals surface area contributed by atoms with E-state index in [1.54, 1.807) is 51.5 Å². The first kappa shape index (κ1) is 28.9. The maximum atomic E-state index is 14.0. The van der Waals surface area contributed by atoms with E-state index < -0.39 is 58.0 Å². The Bertz CT molecular complexity index is 1660. The number of primary amides is 1. The Labute approximate surface area is 242 Å². The number of amides is 1. The number of hydrogen-bond acceptors (Lipinski definition) is 9. The molecule has 10 heteroatoms. The third-order valence-electron chi connectivity index (χ3n) is 8.63. The number of nitrogens with zero attached hydrogens (tertiary/aromatic N) is 1. The minimum absolute atomic E-state index is 0.0321. The average Bonchev–Trinajstić information content (AvgIpc) is 2.94. The first-order chi connectivity index (χ1) is 19.9. The van der Waals surface area contributed by atoms with Gasteiger partial charge in [0.2, 0.25) is 5.78 Å². The Morgan fingerprint density at radius 3 is 2.38 bits per heavy atom. The van der Waals surface area contributed by atoms with Crippen molar-refractivity contribution in [3.05, 3.63) is 75.1 Å². The number of Topliss-reactive ketones (excluding diaryl/α,β-unsaturated/α-hetero) is 2. The quantitative estimate of drug-likeness (QED) is 0.271. The molecule has 4 atom stereocenters. The molecule has 0 spiro atoms. The van der Waals surface area contributed by atoms with Gasteiger partial charge >= 0.3 is 0 Å². The molecule has 0 aliphatic heterocycles. The van der Waals surface area contributed by atoms with E-state index in [0.29, 0.717) is 23.3 Å². The minimum atomic E-state index is -2.68. The number of carbonyl (C=O) groups is 3. The van der Waals surface area contributed by atoms with Crippen molar-refractivity contribution in [3.63, 3.8) is 0 Å². The first-order valence-corrected chi connectivity index (χ1v) is 13.5. The second kappa shape index (κ2) is 10.4. The molecule has 0 bridgehead atoms. The smallest absolute Gasteiger partial charge is 0.255 e. The highest BCUT2D eigenvalue weighted by atomic mass is 16.5.